The van der Waals surface area contributed by atoms with Crippen LogP contribution in [0.1, 0.15) is 37.3 Å². The molecule has 0 spiro atoms. The monoisotopic (exact) mass is 510 g/mol. The lowest BCUT2D eigenvalue weighted by Gasteiger charge is -2.43. The molecular formula is C29H32F2N2O4. The van der Waals surface area contributed by atoms with Crippen molar-refractivity contribution in [2.24, 2.45) is 0 Å². The number of nitrogens with one attached hydrogen (secondary N) is 1. The van der Waals surface area contributed by atoms with E-state index in [1.807, 2.05) is 47.4 Å². The molecule has 0 unspecified atom stereocenters. The van der Waals surface area contributed by atoms with Crippen LogP contribution in [0.4, 0.5) is 8.78 Å². The zero-order chi connectivity index (χ0) is 26.0. The third-order valence-electron chi connectivity index (χ3n) is 7.38. The average molecular weight is 511 g/mol. The van der Waals surface area contributed by atoms with Gasteiger partial charge in [-0.25, -0.2) is 0 Å². The van der Waals surface area contributed by atoms with Gasteiger partial charge in [0.1, 0.15) is 13.2 Å². The summed E-state index contributed by atoms with van der Waals surface area (Å²) in [6, 6.07) is 17.4. The summed E-state index contributed by atoms with van der Waals surface area (Å²) in [5.74, 6) is -3.94. The fourth-order valence-corrected chi connectivity index (χ4v) is 5.25. The number of carbonyl (C=O) groups is 1. The molecule has 1 fully saturated rings. The Morgan fingerprint density at radius 1 is 1.00 bits per heavy atom. The molecular weight excluding hydrogens is 478 g/mol. The number of nitrogens with zero attached hydrogens (tertiary/aromatic N) is 1. The number of likely N-dealkylation sites (tertiary alicyclic amines) is 1. The van der Waals surface area contributed by atoms with Gasteiger partial charge in [-0.3, -0.25) is 9.69 Å². The minimum atomic E-state index is -3.60. The maximum absolute atomic E-state index is 15.0. The molecule has 0 radical (unpaired) electrons. The van der Waals surface area contributed by atoms with Crippen molar-refractivity contribution in [1.82, 2.24) is 10.2 Å². The second kappa shape index (κ2) is 10.3. The van der Waals surface area contributed by atoms with Gasteiger partial charge in [0, 0.05) is 25.1 Å². The lowest BCUT2D eigenvalue weighted by Crippen LogP contribution is -2.60. The average Bonchev–Trinajstić information content (AvgIpc) is 3.46. The van der Waals surface area contributed by atoms with Gasteiger partial charge in [0.25, 0.3) is 5.91 Å². The van der Waals surface area contributed by atoms with Gasteiger partial charge in [0.2, 0.25) is 0 Å². The van der Waals surface area contributed by atoms with E-state index in [9.17, 15) is 9.90 Å². The van der Waals surface area contributed by atoms with Crippen molar-refractivity contribution in [3.8, 4) is 11.5 Å². The molecule has 2 aliphatic heterocycles. The van der Waals surface area contributed by atoms with Crippen LogP contribution in [0.2, 0.25) is 0 Å². The van der Waals surface area contributed by atoms with E-state index in [0.717, 1.165) is 29.2 Å². The number of fused-ring (bicyclic) bond motifs is 2. The highest BCUT2D eigenvalue weighted by atomic mass is 19.3. The molecule has 0 saturated carbocycles. The lowest BCUT2D eigenvalue weighted by atomic mass is 9.93. The van der Waals surface area contributed by atoms with Crippen LogP contribution in [0.3, 0.4) is 0 Å². The molecule has 1 saturated heterocycles. The van der Waals surface area contributed by atoms with Gasteiger partial charge in [-0.15, -0.1) is 0 Å². The van der Waals surface area contributed by atoms with Gasteiger partial charge in [-0.1, -0.05) is 48.5 Å². The third-order valence-corrected chi connectivity index (χ3v) is 7.38. The number of halogens is 2. The number of benzene rings is 3. The predicted octanol–water partition coefficient (Wildman–Crippen LogP) is 4.62. The van der Waals surface area contributed by atoms with E-state index in [1.54, 1.807) is 25.1 Å². The van der Waals surface area contributed by atoms with Crippen LogP contribution in [-0.4, -0.2) is 54.2 Å². The van der Waals surface area contributed by atoms with E-state index < -0.39 is 30.0 Å². The number of amides is 1. The zero-order valence-electron chi connectivity index (χ0n) is 20.9. The van der Waals surface area contributed by atoms with Crippen LogP contribution in [0.25, 0.3) is 10.8 Å². The number of hydrogen-bond donors (Lipinski definition) is 2. The van der Waals surface area contributed by atoms with Crippen molar-refractivity contribution in [3.63, 3.8) is 0 Å². The molecule has 37 heavy (non-hydrogen) atoms. The first-order valence-electron chi connectivity index (χ1n) is 12.8. The number of ether oxygens (including phenoxy) is 2. The Balaban J connectivity index is 1.32. The molecule has 0 aromatic heterocycles. The molecule has 5 rings (SSSR count). The smallest absolute Gasteiger partial charge is 0.324 e. The van der Waals surface area contributed by atoms with Gasteiger partial charge < -0.3 is 19.9 Å². The van der Waals surface area contributed by atoms with Crippen LogP contribution in [0, 0.1) is 0 Å². The largest absolute Gasteiger partial charge is 0.486 e. The first-order valence-corrected chi connectivity index (χ1v) is 12.8. The molecule has 2 heterocycles. The van der Waals surface area contributed by atoms with Crippen LogP contribution in [0.15, 0.2) is 60.7 Å². The minimum Gasteiger partial charge on any atom is -0.486 e. The van der Waals surface area contributed by atoms with Gasteiger partial charge in [0.15, 0.2) is 17.2 Å². The van der Waals surface area contributed by atoms with E-state index in [4.69, 9.17) is 9.47 Å². The summed E-state index contributed by atoms with van der Waals surface area (Å²) in [7, 11) is 0. The van der Waals surface area contributed by atoms with E-state index in [0.29, 0.717) is 43.4 Å². The second-order valence-corrected chi connectivity index (χ2v) is 9.86. The zero-order valence-corrected chi connectivity index (χ0v) is 20.9. The maximum Gasteiger partial charge on any atom is 0.324 e. The van der Waals surface area contributed by atoms with E-state index in [-0.39, 0.29) is 6.42 Å². The first kappa shape index (κ1) is 25.4. The van der Waals surface area contributed by atoms with Crippen molar-refractivity contribution < 1.29 is 28.2 Å². The molecule has 1 amide bonds. The molecule has 2 aliphatic rings. The van der Waals surface area contributed by atoms with Crippen LogP contribution < -0.4 is 14.8 Å². The Labute approximate surface area is 215 Å². The summed E-state index contributed by atoms with van der Waals surface area (Å²) < 4.78 is 41.3. The van der Waals surface area contributed by atoms with Crippen LogP contribution in [0.5, 0.6) is 11.5 Å². The van der Waals surface area contributed by atoms with Gasteiger partial charge in [-0.2, -0.15) is 8.78 Å². The SMILES string of the molecule is C[C@@H](NC(=O)C(F)(F)CCc1ccc2ccccc2c1)[C@](O)(c1ccc2c(c1)OCCO2)N1CCCC1. The highest BCUT2D eigenvalue weighted by Gasteiger charge is 2.47. The molecule has 2 N–H and O–H groups in total. The summed E-state index contributed by atoms with van der Waals surface area (Å²) in [5, 5.41) is 16.4. The number of hydrogen-bond acceptors (Lipinski definition) is 5. The summed E-state index contributed by atoms with van der Waals surface area (Å²) in [4.78, 5) is 14.6. The number of aryl methyl sites for hydroxylation is 1. The molecule has 8 heteroatoms. The standard InChI is InChI=1S/C29H32F2N2O4/c1-20(29(35,33-14-4-5-15-33)24-10-11-25-26(19-24)37-17-16-36-25)32-27(34)28(30,31)13-12-21-8-9-22-6-2-3-7-23(22)18-21/h2-3,6-11,18-20,35H,4-5,12-17H2,1H3,(H,32,34)/t20-,29+/m1/s1. The molecule has 196 valence electrons. The second-order valence-electron chi connectivity index (χ2n) is 9.86. The van der Waals surface area contributed by atoms with Gasteiger partial charge in [-0.05, 0) is 54.7 Å². The fourth-order valence-electron chi connectivity index (χ4n) is 5.25. The number of alkyl halides is 2. The van der Waals surface area contributed by atoms with E-state index >= 15 is 8.78 Å². The molecule has 3 aromatic rings. The molecule has 6 nitrogen and oxygen atoms in total. The molecule has 0 aliphatic carbocycles. The molecule has 2 atom stereocenters. The number of carbonyl (C=O) groups excluding carboxylic acids is 1. The number of rotatable bonds is 8. The van der Waals surface area contributed by atoms with E-state index in [1.165, 1.54) is 0 Å². The van der Waals surface area contributed by atoms with Crippen LogP contribution >= 0.6 is 0 Å². The highest BCUT2D eigenvalue weighted by molar-refractivity contribution is 5.84. The van der Waals surface area contributed by atoms with Crippen molar-refractivity contribution in [3.05, 3.63) is 71.8 Å². The van der Waals surface area contributed by atoms with Gasteiger partial charge in [0.05, 0.1) is 6.04 Å². The topological polar surface area (TPSA) is 71.0 Å². The van der Waals surface area contributed by atoms with Crippen molar-refractivity contribution in [1.29, 1.82) is 0 Å². The summed E-state index contributed by atoms with van der Waals surface area (Å²) in [6.07, 6.45) is 1.17. The Hall–Kier alpha value is -3.23. The Morgan fingerprint density at radius 3 is 2.46 bits per heavy atom. The van der Waals surface area contributed by atoms with Crippen LogP contribution in [-0.2, 0) is 16.9 Å². The third kappa shape index (κ3) is 5.13. The minimum absolute atomic E-state index is 0.0538. The predicted molar refractivity (Wildman–Crippen MR) is 137 cm³/mol. The van der Waals surface area contributed by atoms with Crippen molar-refractivity contribution in [2.45, 2.75) is 50.3 Å². The maximum atomic E-state index is 15.0. The summed E-state index contributed by atoms with van der Waals surface area (Å²) in [6.45, 7) is 3.55. The quantitative estimate of drug-likeness (QED) is 0.463. The fraction of sp³-hybridized carbons (Fsp3) is 0.414. The highest BCUT2D eigenvalue weighted by Crippen LogP contribution is 2.39. The molecule has 0 bridgehead atoms. The molecule has 3 aromatic carbocycles. The number of aliphatic hydroxyl groups is 1. The lowest BCUT2D eigenvalue weighted by molar-refractivity contribution is -0.159. The van der Waals surface area contributed by atoms with Gasteiger partial charge >= 0.3 is 5.92 Å². The first-order chi connectivity index (χ1) is 17.8. The summed E-state index contributed by atoms with van der Waals surface area (Å²) >= 11 is 0. The Bertz CT molecular complexity index is 1280. The van der Waals surface area contributed by atoms with Crippen molar-refractivity contribution in [2.75, 3.05) is 26.3 Å². The Kier molecular flexibility index (Phi) is 7.05. The Morgan fingerprint density at radius 2 is 1.70 bits per heavy atom. The van der Waals surface area contributed by atoms with Crippen molar-refractivity contribution >= 4 is 16.7 Å². The van der Waals surface area contributed by atoms with E-state index in [2.05, 4.69) is 5.32 Å². The summed E-state index contributed by atoms with van der Waals surface area (Å²) in [5.41, 5.74) is -0.480. The normalized spacial score (nSPS) is 18.4.